The molecule has 0 amide bonds. The third-order valence-electron chi connectivity index (χ3n) is 3.44. The van der Waals surface area contributed by atoms with Crippen LogP contribution in [-0.2, 0) is 27.8 Å². The van der Waals surface area contributed by atoms with Gasteiger partial charge in [-0.15, -0.1) is 11.3 Å². The molecule has 0 unspecified atom stereocenters. The van der Waals surface area contributed by atoms with E-state index in [-0.39, 0.29) is 22.9 Å². The summed E-state index contributed by atoms with van der Waals surface area (Å²) in [4.78, 5) is 11.8. The third-order valence-corrected chi connectivity index (χ3v) is 6.30. The highest BCUT2D eigenvalue weighted by Crippen LogP contribution is 2.28. The zero-order chi connectivity index (χ0) is 17.9. The van der Waals surface area contributed by atoms with Gasteiger partial charge >= 0.3 is 5.97 Å². The van der Waals surface area contributed by atoms with E-state index in [1.807, 2.05) is 0 Å². The fraction of sp³-hybridized carbons (Fsp3) is 0.188. The highest BCUT2D eigenvalue weighted by Gasteiger charge is 2.32. The van der Waals surface area contributed by atoms with Gasteiger partial charge in [-0.25, -0.2) is 13.2 Å². The molecule has 0 radical (unpaired) electrons. The first-order chi connectivity index (χ1) is 12.0. The maximum absolute atomic E-state index is 13.1. The van der Waals surface area contributed by atoms with Crippen LogP contribution in [0.25, 0.3) is 0 Å². The van der Waals surface area contributed by atoms with Crippen molar-refractivity contribution in [3.05, 3.63) is 64.6 Å². The quantitative estimate of drug-likeness (QED) is 0.584. The summed E-state index contributed by atoms with van der Waals surface area (Å²) in [5.74, 6) is 0.263. The molecule has 0 spiro atoms. The number of carbonyl (C=O) groups excluding carboxylic acids is 1. The van der Waals surface area contributed by atoms with Crippen LogP contribution >= 0.6 is 11.3 Å². The van der Waals surface area contributed by atoms with Gasteiger partial charge in [0.1, 0.15) is 21.3 Å². The van der Waals surface area contributed by atoms with E-state index < -0.39 is 16.0 Å². The minimum atomic E-state index is -3.97. The number of furan rings is 2. The SMILES string of the molecule is COC(=O)c1sccc1S(=O)(=O)N(Cc1ccco1)Cc1ccco1. The Bertz CT molecular complexity index is 889. The summed E-state index contributed by atoms with van der Waals surface area (Å²) in [7, 11) is -2.76. The lowest BCUT2D eigenvalue weighted by atomic mass is 10.4. The average molecular weight is 381 g/mol. The first-order valence-corrected chi connectivity index (χ1v) is 9.55. The Morgan fingerprint density at radius 1 is 1.12 bits per heavy atom. The van der Waals surface area contributed by atoms with Crippen LogP contribution in [-0.4, -0.2) is 25.8 Å². The number of carbonyl (C=O) groups is 1. The van der Waals surface area contributed by atoms with Crippen molar-refractivity contribution < 1.29 is 26.8 Å². The predicted molar refractivity (Wildman–Crippen MR) is 89.5 cm³/mol. The zero-order valence-electron chi connectivity index (χ0n) is 13.2. The molecular weight excluding hydrogens is 366 g/mol. The summed E-state index contributed by atoms with van der Waals surface area (Å²) in [6.07, 6.45) is 2.94. The molecule has 132 valence electrons. The van der Waals surface area contributed by atoms with Gasteiger partial charge in [0.05, 0.1) is 32.7 Å². The molecule has 0 aromatic carbocycles. The maximum Gasteiger partial charge on any atom is 0.349 e. The summed E-state index contributed by atoms with van der Waals surface area (Å²) < 4.78 is 42.7. The van der Waals surface area contributed by atoms with E-state index in [0.29, 0.717) is 11.5 Å². The van der Waals surface area contributed by atoms with Crippen molar-refractivity contribution in [2.24, 2.45) is 0 Å². The van der Waals surface area contributed by atoms with Gasteiger partial charge in [0.25, 0.3) is 0 Å². The van der Waals surface area contributed by atoms with Gasteiger partial charge in [-0.1, -0.05) is 0 Å². The van der Waals surface area contributed by atoms with E-state index >= 15 is 0 Å². The number of thiophene rings is 1. The smallest absolute Gasteiger partial charge is 0.349 e. The number of nitrogens with zero attached hydrogens (tertiary/aromatic N) is 1. The van der Waals surface area contributed by atoms with Crippen molar-refractivity contribution in [2.45, 2.75) is 18.0 Å². The molecule has 0 aliphatic carbocycles. The van der Waals surface area contributed by atoms with Crippen molar-refractivity contribution in [3.63, 3.8) is 0 Å². The van der Waals surface area contributed by atoms with Crippen LogP contribution in [0, 0.1) is 0 Å². The summed E-state index contributed by atoms with van der Waals surface area (Å²) in [5, 5.41) is 1.54. The fourth-order valence-corrected chi connectivity index (χ4v) is 4.94. The normalized spacial score (nSPS) is 11.8. The van der Waals surface area contributed by atoms with E-state index in [4.69, 9.17) is 8.83 Å². The van der Waals surface area contributed by atoms with Crippen LogP contribution in [0.15, 0.2) is 62.0 Å². The Balaban J connectivity index is 1.98. The number of hydrogen-bond acceptors (Lipinski definition) is 7. The Labute approximate surface area is 148 Å². The van der Waals surface area contributed by atoms with Crippen LogP contribution in [0.2, 0.25) is 0 Å². The van der Waals surface area contributed by atoms with Gasteiger partial charge < -0.3 is 13.6 Å². The monoisotopic (exact) mass is 381 g/mol. The summed E-state index contributed by atoms with van der Waals surface area (Å²) in [6.45, 7) is 0.0129. The number of hydrogen-bond donors (Lipinski definition) is 0. The fourth-order valence-electron chi connectivity index (χ4n) is 2.26. The van der Waals surface area contributed by atoms with E-state index in [1.165, 1.54) is 35.4 Å². The average Bonchev–Trinajstić information content (AvgIpc) is 3.34. The molecule has 7 nitrogen and oxygen atoms in total. The molecule has 0 atom stereocenters. The summed E-state index contributed by atoms with van der Waals surface area (Å²) >= 11 is 1.02. The molecule has 9 heteroatoms. The van der Waals surface area contributed by atoms with E-state index in [0.717, 1.165) is 11.3 Å². The lowest BCUT2D eigenvalue weighted by molar-refractivity contribution is 0.0602. The largest absolute Gasteiger partial charge is 0.468 e. The van der Waals surface area contributed by atoms with Crippen LogP contribution in [0.1, 0.15) is 21.2 Å². The second-order valence-corrected chi connectivity index (χ2v) is 7.86. The van der Waals surface area contributed by atoms with Crippen molar-refractivity contribution >= 4 is 27.3 Å². The summed E-state index contributed by atoms with van der Waals surface area (Å²) in [5.41, 5.74) is 0. The van der Waals surface area contributed by atoms with Crippen LogP contribution in [0.4, 0.5) is 0 Å². The zero-order valence-corrected chi connectivity index (χ0v) is 14.9. The minimum Gasteiger partial charge on any atom is -0.468 e. The lowest BCUT2D eigenvalue weighted by Crippen LogP contribution is -2.30. The van der Waals surface area contributed by atoms with Crippen LogP contribution in [0.5, 0.6) is 0 Å². The van der Waals surface area contributed by atoms with Crippen molar-refractivity contribution in [1.82, 2.24) is 4.31 Å². The van der Waals surface area contributed by atoms with E-state index in [9.17, 15) is 13.2 Å². The molecule has 0 aliphatic heterocycles. The number of rotatable bonds is 7. The second kappa shape index (κ2) is 7.26. The maximum atomic E-state index is 13.1. The molecule has 0 saturated heterocycles. The molecule has 25 heavy (non-hydrogen) atoms. The highest BCUT2D eigenvalue weighted by atomic mass is 32.2. The van der Waals surface area contributed by atoms with Gasteiger partial charge in [-0.3, -0.25) is 0 Å². The number of sulfonamides is 1. The van der Waals surface area contributed by atoms with E-state index in [2.05, 4.69) is 4.74 Å². The second-order valence-electron chi connectivity index (χ2n) is 5.04. The number of ether oxygens (including phenoxy) is 1. The van der Waals surface area contributed by atoms with Crippen molar-refractivity contribution in [2.75, 3.05) is 7.11 Å². The Morgan fingerprint density at radius 2 is 1.72 bits per heavy atom. The van der Waals surface area contributed by atoms with Gasteiger partial charge in [-0.05, 0) is 35.7 Å². The minimum absolute atomic E-state index is 0.00644. The number of methoxy groups -OCH3 is 1. The molecule has 3 heterocycles. The molecular formula is C16H15NO6S2. The van der Waals surface area contributed by atoms with Crippen LogP contribution in [0.3, 0.4) is 0 Å². The molecule has 0 N–H and O–H groups in total. The van der Waals surface area contributed by atoms with Gasteiger partial charge in [-0.2, -0.15) is 4.31 Å². The number of esters is 1. The molecule has 3 rings (SSSR count). The molecule has 3 aromatic heterocycles. The van der Waals surface area contributed by atoms with Gasteiger partial charge in [0, 0.05) is 0 Å². The third kappa shape index (κ3) is 3.68. The van der Waals surface area contributed by atoms with Crippen molar-refractivity contribution in [3.8, 4) is 0 Å². The van der Waals surface area contributed by atoms with Gasteiger partial charge in [0.15, 0.2) is 0 Å². The van der Waals surface area contributed by atoms with Gasteiger partial charge in [0.2, 0.25) is 10.0 Å². The summed E-state index contributed by atoms with van der Waals surface area (Å²) in [6, 6.07) is 8.11. The lowest BCUT2D eigenvalue weighted by Gasteiger charge is -2.20. The Morgan fingerprint density at radius 3 is 2.20 bits per heavy atom. The molecule has 0 fully saturated rings. The standard InChI is InChI=1S/C16H15NO6S2/c1-21-16(18)15-14(6-9-24-15)25(19,20)17(10-12-4-2-7-22-12)11-13-5-3-8-23-13/h2-9H,10-11H2,1H3. The Kier molecular flexibility index (Phi) is 5.07. The molecule has 0 saturated carbocycles. The van der Waals surface area contributed by atoms with Crippen LogP contribution < -0.4 is 0 Å². The molecule has 3 aromatic rings. The molecule has 0 bridgehead atoms. The first kappa shape index (κ1) is 17.5. The van der Waals surface area contributed by atoms with Crippen molar-refractivity contribution in [1.29, 1.82) is 0 Å². The highest BCUT2D eigenvalue weighted by molar-refractivity contribution is 7.89. The predicted octanol–water partition coefficient (Wildman–Crippen LogP) is 3.11. The van der Waals surface area contributed by atoms with E-state index in [1.54, 1.807) is 24.3 Å². The molecule has 0 aliphatic rings. The first-order valence-electron chi connectivity index (χ1n) is 7.23. The Hall–Kier alpha value is -2.36. The topological polar surface area (TPSA) is 90.0 Å².